The summed E-state index contributed by atoms with van der Waals surface area (Å²) in [5.41, 5.74) is 1.70. The van der Waals surface area contributed by atoms with E-state index in [-0.39, 0.29) is 17.7 Å². The predicted octanol–water partition coefficient (Wildman–Crippen LogP) is 2.33. The van der Waals surface area contributed by atoms with Gasteiger partial charge in [-0.15, -0.1) is 10.2 Å². The van der Waals surface area contributed by atoms with E-state index in [1.54, 1.807) is 29.4 Å². The Morgan fingerprint density at radius 3 is 2.48 bits per heavy atom. The van der Waals surface area contributed by atoms with Gasteiger partial charge in [0.15, 0.2) is 11.6 Å². The average molecular weight is 447 g/mol. The molecule has 5 heterocycles. The van der Waals surface area contributed by atoms with Crippen molar-refractivity contribution >= 4 is 17.6 Å². The van der Waals surface area contributed by atoms with Crippen LogP contribution in [0, 0.1) is 5.92 Å². The monoisotopic (exact) mass is 446 g/mol. The van der Waals surface area contributed by atoms with E-state index >= 15 is 0 Å². The number of pyridine rings is 1. The lowest BCUT2D eigenvalue weighted by Gasteiger charge is -2.39. The number of hydrogen-bond donors (Lipinski definition) is 0. The second kappa shape index (κ2) is 9.40. The molecule has 0 saturated carbocycles. The van der Waals surface area contributed by atoms with E-state index in [1.165, 1.54) is 6.26 Å². The average Bonchev–Trinajstić information content (AvgIpc) is 3.44. The van der Waals surface area contributed by atoms with Gasteiger partial charge in [0.2, 0.25) is 5.91 Å². The van der Waals surface area contributed by atoms with Crippen LogP contribution in [-0.4, -0.2) is 76.1 Å². The summed E-state index contributed by atoms with van der Waals surface area (Å²) in [6.45, 7) is 3.61. The summed E-state index contributed by atoms with van der Waals surface area (Å²) < 4.78 is 5.21. The molecule has 5 rings (SSSR count). The zero-order valence-corrected chi connectivity index (χ0v) is 18.3. The van der Waals surface area contributed by atoms with E-state index in [2.05, 4.69) is 20.1 Å². The van der Waals surface area contributed by atoms with E-state index in [1.807, 2.05) is 29.2 Å². The van der Waals surface area contributed by atoms with Crippen LogP contribution in [0.1, 0.15) is 23.4 Å². The maximum absolute atomic E-state index is 13.2. The molecule has 1 unspecified atom stereocenters. The number of piperazine rings is 1. The molecule has 2 fully saturated rings. The van der Waals surface area contributed by atoms with Crippen molar-refractivity contribution in [1.29, 1.82) is 0 Å². The molecule has 0 bridgehead atoms. The van der Waals surface area contributed by atoms with Crippen molar-refractivity contribution in [1.82, 2.24) is 25.0 Å². The number of hydrogen-bond acceptors (Lipinski definition) is 7. The molecule has 9 heteroatoms. The summed E-state index contributed by atoms with van der Waals surface area (Å²) in [7, 11) is 0. The Bertz CT molecular complexity index is 1080. The van der Waals surface area contributed by atoms with E-state index < -0.39 is 0 Å². The molecule has 9 nitrogen and oxygen atoms in total. The van der Waals surface area contributed by atoms with Crippen LogP contribution in [0.15, 0.2) is 59.5 Å². The molecule has 170 valence electrons. The molecule has 0 N–H and O–H groups in total. The first-order valence-electron chi connectivity index (χ1n) is 11.3. The highest BCUT2D eigenvalue weighted by molar-refractivity contribution is 5.91. The zero-order chi connectivity index (χ0) is 22.6. The number of amides is 2. The van der Waals surface area contributed by atoms with Crippen LogP contribution in [0.3, 0.4) is 0 Å². The summed E-state index contributed by atoms with van der Waals surface area (Å²) in [4.78, 5) is 35.6. The smallest absolute Gasteiger partial charge is 0.289 e. The minimum atomic E-state index is -0.121. The topological polar surface area (TPSA) is 95.7 Å². The van der Waals surface area contributed by atoms with Gasteiger partial charge >= 0.3 is 0 Å². The van der Waals surface area contributed by atoms with Crippen molar-refractivity contribution < 1.29 is 14.0 Å². The Hall–Kier alpha value is -3.75. The lowest BCUT2D eigenvalue weighted by atomic mass is 9.96. The van der Waals surface area contributed by atoms with E-state index in [4.69, 9.17) is 4.42 Å². The minimum absolute atomic E-state index is 0.0779. The molecule has 3 aromatic heterocycles. The molecule has 0 spiro atoms. The first kappa shape index (κ1) is 21.1. The molecule has 0 aliphatic carbocycles. The summed E-state index contributed by atoms with van der Waals surface area (Å²) in [6, 6.07) is 11.1. The van der Waals surface area contributed by atoms with Crippen molar-refractivity contribution in [3.05, 3.63) is 60.8 Å². The van der Waals surface area contributed by atoms with Crippen LogP contribution in [0.2, 0.25) is 0 Å². The Kier molecular flexibility index (Phi) is 6.01. The number of anilines is 1. The molecule has 2 aliphatic heterocycles. The van der Waals surface area contributed by atoms with Gasteiger partial charge in [0.05, 0.1) is 17.9 Å². The van der Waals surface area contributed by atoms with Gasteiger partial charge in [-0.1, -0.05) is 0 Å². The third kappa shape index (κ3) is 4.57. The Labute approximate surface area is 192 Å². The first-order chi connectivity index (χ1) is 16.2. The predicted molar refractivity (Wildman–Crippen MR) is 121 cm³/mol. The van der Waals surface area contributed by atoms with Crippen LogP contribution in [0.25, 0.3) is 11.3 Å². The normalized spacial score (nSPS) is 18.9. The number of carbonyl (C=O) groups is 2. The first-order valence-corrected chi connectivity index (χ1v) is 11.3. The molecule has 0 aromatic carbocycles. The number of piperidine rings is 1. The third-order valence-electron chi connectivity index (χ3n) is 6.31. The van der Waals surface area contributed by atoms with Crippen molar-refractivity contribution in [2.24, 2.45) is 5.92 Å². The standard InChI is InChI=1S/C24H26N6O3/c31-23(28-11-13-29(14-12-28)24(32)21-6-3-15-33-21)19-5-2-10-30(17-19)22-8-7-20(26-27-22)18-4-1-9-25-16-18/h1,3-4,6-9,15-16,19H,2,5,10-14,17H2. The molecule has 1 atom stereocenters. The van der Waals surface area contributed by atoms with Gasteiger partial charge in [0.25, 0.3) is 5.91 Å². The highest BCUT2D eigenvalue weighted by Crippen LogP contribution is 2.25. The van der Waals surface area contributed by atoms with Crippen molar-refractivity contribution in [2.75, 3.05) is 44.2 Å². The SMILES string of the molecule is O=C(c1ccco1)N1CCN(C(=O)C2CCCN(c3ccc(-c4cccnc4)nn3)C2)CC1. The summed E-state index contributed by atoms with van der Waals surface area (Å²) in [6.07, 6.45) is 6.79. The molecule has 33 heavy (non-hydrogen) atoms. The highest BCUT2D eigenvalue weighted by atomic mass is 16.3. The third-order valence-corrected chi connectivity index (χ3v) is 6.31. The molecular weight excluding hydrogens is 420 g/mol. The van der Waals surface area contributed by atoms with Gasteiger partial charge in [-0.25, -0.2) is 0 Å². The Morgan fingerprint density at radius 1 is 0.939 bits per heavy atom. The van der Waals surface area contributed by atoms with Crippen LogP contribution < -0.4 is 4.90 Å². The summed E-state index contributed by atoms with van der Waals surface area (Å²) in [5, 5.41) is 8.77. The molecule has 2 saturated heterocycles. The maximum atomic E-state index is 13.2. The molecule has 0 radical (unpaired) electrons. The summed E-state index contributed by atoms with van der Waals surface area (Å²) in [5.74, 6) is 1.09. The molecular formula is C24H26N6O3. The highest BCUT2D eigenvalue weighted by Gasteiger charge is 2.33. The number of nitrogens with zero attached hydrogens (tertiary/aromatic N) is 6. The summed E-state index contributed by atoms with van der Waals surface area (Å²) >= 11 is 0. The van der Waals surface area contributed by atoms with E-state index in [0.29, 0.717) is 38.5 Å². The molecule has 3 aromatic rings. The quantitative estimate of drug-likeness (QED) is 0.607. The van der Waals surface area contributed by atoms with Gasteiger partial charge in [-0.3, -0.25) is 14.6 Å². The van der Waals surface area contributed by atoms with Crippen molar-refractivity contribution in [2.45, 2.75) is 12.8 Å². The van der Waals surface area contributed by atoms with Gasteiger partial charge in [0, 0.05) is 57.2 Å². The maximum Gasteiger partial charge on any atom is 0.289 e. The fraction of sp³-hybridized carbons (Fsp3) is 0.375. The van der Waals surface area contributed by atoms with Crippen LogP contribution in [0.4, 0.5) is 5.82 Å². The number of carbonyl (C=O) groups excluding carboxylic acids is 2. The number of rotatable bonds is 4. The van der Waals surface area contributed by atoms with Crippen molar-refractivity contribution in [3.63, 3.8) is 0 Å². The Morgan fingerprint density at radius 2 is 1.79 bits per heavy atom. The van der Waals surface area contributed by atoms with Gasteiger partial charge in [-0.05, 0) is 49.2 Å². The minimum Gasteiger partial charge on any atom is -0.459 e. The molecule has 2 amide bonds. The second-order valence-corrected chi connectivity index (χ2v) is 8.40. The van der Waals surface area contributed by atoms with Crippen molar-refractivity contribution in [3.8, 4) is 11.3 Å². The van der Waals surface area contributed by atoms with Gasteiger partial charge in [-0.2, -0.15) is 0 Å². The van der Waals surface area contributed by atoms with Crippen LogP contribution >= 0.6 is 0 Å². The fourth-order valence-electron chi connectivity index (χ4n) is 4.49. The second-order valence-electron chi connectivity index (χ2n) is 8.40. The number of furan rings is 1. The van der Waals surface area contributed by atoms with Crippen LogP contribution in [-0.2, 0) is 4.79 Å². The lowest BCUT2D eigenvalue weighted by molar-refractivity contribution is -0.137. The largest absolute Gasteiger partial charge is 0.459 e. The van der Waals surface area contributed by atoms with Gasteiger partial charge < -0.3 is 19.1 Å². The molecule has 2 aliphatic rings. The zero-order valence-electron chi connectivity index (χ0n) is 18.3. The lowest BCUT2D eigenvalue weighted by Crippen LogP contribution is -2.53. The fourth-order valence-corrected chi connectivity index (χ4v) is 4.49. The van der Waals surface area contributed by atoms with Gasteiger partial charge in [0.1, 0.15) is 0 Å². The van der Waals surface area contributed by atoms with E-state index in [9.17, 15) is 9.59 Å². The number of aromatic nitrogens is 3. The van der Waals surface area contributed by atoms with E-state index in [0.717, 1.165) is 36.5 Å². The Balaban J connectivity index is 1.18. The van der Waals surface area contributed by atoms with Crippen LogP contribution in [0.5, 0.6) is 0 Å².